The van der Waals surface area contributed by atoms with Gasteiger partial charge in [0.15, 0.2) is 5.17 Å². The lowest BCUT2D eigenvalue weighted by atomic mass is 10.3. The highest BCUT2D eigenvalue weighted by Crippen LogP contribution is 2.09. The molecular formula is C9H14N4OS2. The van der Waals surface area contributed by atoms with Crippen molar-refractivity contribution in [3.05, 3.63) is 22.4 Å². The lowest BCUT2D eigenvalue weighted by Gasteiger charge is -2.15. The first-order valence-electron chi connectivity index (χ1n) is 4.54. The summed E-state index contributed by atoms with van der Waals surface area (Å²) in [7, 11) is 1.76. The van der Waals surface area contributed by atoms with Gasteiger partial charge in [-0.1, -0.05) is 11.8 Å². The van der Waals surface area contributed by atoms with E-state index in [0.29, 0.717) is 6.54 Å². The van der Waals surface area contributed by atoms with Crippen LogP contribution in [0.1, 0.15) is 5.56 Å². The molecule has 0 saturated carbocycles. The van der Waals surface area contributed by atoms with E-state index in [1.165, 1.54) is 0 Å². The maximum absolute atomic E-state index is 11.6. The van der Waals surface area contributed by atoms with Crippen LogP contribution in [0.25, 0.3) is 0 Å². The number of rotatable bonds is 4. The fourth-order valence-electron chi connectivity index (χ4n) is 1.03. The van der Waals surface area contributed by atoms with E-state index in [0.717, 1.165) is 17.3 Å². The van der Waals surface area contributed by atoms with Crippen LogP contribution in [0.15, 0.2) is 21.9 Å². The minimum atomic E-state index is 0.00259. The van der Waals surface area contributed by atoms with Crippen LogP contribution in [-0.4, -0.2) is 28.8 Å². The van der Waals surface area contributed by atoms with Crippen molar-refractivity contribution in [3.8, 4) is 0 Å². The van der Waals surface area contributed by atoms with Gasteiger partial charge in [0.05, 0.1) is 5.75 Å². The van der Waals surface area contributed by atoms with Crippen molar-refractivity contribution < 1.29 is 4.79 Å². The molecule has 5 nitrogen and oxygen atoms in total. The number of carbonyl (C=O) groups is 1. The number of hydrazone groups is 1. The summed E-state index contributed by atoms with van der Waals surface area (Å²) >= 11 is 2.76. The molecule has 1 heterocycles. The molecule has 0 saturated heterocycles. The molecule has 0 aliphatic carbocycles. The van der Waals surface area contributed by atoms with Gasteiger partial charge in [-0.05, 0) is 22.4 Å². The van der Waals surface area contributed by atoms with Crippen LogP contribution in [0.5, 0.6) is 0 Å². The van der Waals surface area contributed by atoms with Gasteiger partial charge in [0.25, 0.3) is 0 Å². The molecule has 0 bridgehead atoms. The summed E-state index contributed by atoms with van der Waals surface area (Å²) in [6.45, 7) is 0.614. The quantitative estimate of drug-likeness (QED) is 0.359. The van der Waals surface area contributed by atoms with E-state index in [2.05, 4.69) is 5.10 Å². The minimum absolute atomic E-state index is 0.00259. The maximum Gasteiger partial charge on any atom is 0.233 e. The zero-order chi connectivity index (χ0) is 12.0. The van der Waals surface area contributed by atoms with Crippen molar-refractivity contribution in [1.29, 1.82) is 0 Å². The van der Waals surface area contributed by atoms with Gasteiger partial charge >= 0.3 is 0 Å². The highest BCUT2D eigenvalue weighted by atomic mass is 32.2. The Labute approximate surface area is 102 Å². The van der Waals surface area contributed by atoms with Crippen LogP contribution in [0.4, 0.5) is 0 Å². The lowest BCUT2D eigenvalue weighted by Crippen LogP contribution is -2.28. The van der Waals surface area contributed by atoms with E-state index < -0.39 is 0 Å². The fraction of sp³-hybridized carbons (Fsp3) is 0.333. The van der Waals surface area contributed by atoms with E-state index in [4.69, 9.17) is 11.6 Å². The molecule has 1 aromatic rings. The molecule has 0 radical (unpaired) electrons. The first-order valence-corrected chi connectivity index (χ1v) is 6.47. The Bertz CT molecular complexity index is 364. The predicted molar refractivity (Wildman–Crippen MR) is 69.1 cm³/mol. The third-order valence-electron chi connectivity index (χ3n) is 1.90. The van der Waals surface area contributed by atoms with Crippen molar-refractivity contribution >= 4 is 34.2 Å². The number of amides is 1. The molecule has 0 unspecified atom stereocenters. The Morgan fingerprint density at radius 1 is 1.69 bits per heavy atom. The van der Waals surface area contributed by atoms with Crippen molar-refractivity contribution in [3.63, 3.8) is 0 Å². The summed E-state index contributed by atoms with van der Waals surface area (Å²) < 4.78 is 0. The number of thiophene rings is 1. The fourth-order valence-corrected chi connectivity index (χ4v) is 2.25. The third kappa shape index (κ3) is 4.11. The molecule has 1 rings (SSSR count). The standard InChI is InChI=1S/C9H14N4OS2/c1-13(4-7-2-3-15-5-7)8(14)6-16-9(10)12-11/h2-3,5H,4,6,11H2,1H3,(H2,10,12). The third-order valence-corrected chi connectivity index (χ3v) is 3.42. The van der Waals surface area contributed by atoms with Crippen molar-refractivity contribution in [1.82, 2.24) is 4.90 Å². The van der Waals surface area contributed by atoms with Crippen molar-refractivity contribution in [2.45, 2.75) is 6.54 Å². The van der Waals surface area contributed by atoms with Gasteiger partial charge < -0.3 is 16.5 Å². The summed E-state index contributed by atoms with van der Waals surface area (Å²) in [6.07, 6.45) is 0. The Morgan fingerprint density at radius 2 is 2.44 bits per heavy atom. The van der Waals surface area contributed by atoms with Crippen LogP contribution < -0.4 is 11.6 Å². The molecule has 0 fully saturated rings. The molecule has 1 amide bonds. The number of thioether (sulfide) groups is 1. The Kier molecular flexibility index (Phi) is 5.13. The topological polar surface area (TPSA) is 84.7 Å². The summed E-state index contributed by atoms with van der Waals surface area (Å²) in [5.74, 6) is 5.22. The molecule has 0 aliphatic rings. The number of hydrogen-bond donors (Lipinski definition) is 2. The second kappa shape index (κ2) is 6.39. The molecule has 7 heteroatoms. The van der Waals surface area contributed by atoms with Gasteiger partial charge in [-0.15, -0.1) is 0 Å². The summed E-state index contributed by atoms with van der Waals surface area (Å²) in [4.78, 5) is 13.3. The smallest absolute Gasteiger partial charge is 0.233 e. The van der Waals surface area contributed by atoms with Gasteiger partial charge in [0.2, 0.25) is 5.91 Å². The predicted octanol–water partition coefficient (Wildman–Crippen LogP) is 0.628. The molecule has 0 aliphatic heterocycles. The zero-order valence-corrected chi connectivity index (χ0v) is 10.6. The first-order chi connectivity index (χ1) is 7.63. The summed E-state index contributed by atoms with van der Waals surface area (Å²) in [6, 6.07) is 2.00. The first kappa shape index (κ1) is 12.9. The average molecular weight is 258 g/mol. The van der Waals surface area contributed by atoms with Gasteiger partial charge in [-0.3, -0.25) is 4.79 Å². The van der Waals surface area contributed by atoms with E-state index in [1.807, 2.05) is 16.8 Å². The molecule has 0 atom stereocenters. The van der Waals surface area contributed by atoms with E-state index in [1.54, 1.807) is 23.3 Å². The van der Waals surface area contributed by atoms with E-state index >= 15 is 0 Å². The van der Waals surface area contributed by atoms with Crippen molar-refractivity contribution in [2.24, 2.45) is 16.7 Å². The van der Waals surface area contributed by atoms with Gasteiger partial charge in [0.1, 0.15) is 0 Å². The average Bonchev–Trinajstić information content (AvgIpc) is 2.77. The molecule has 0 aromatic carbocycles. The number of nitrogens with zero attached hydrogens (tertiary/aromatic N) is 2. The zero-order valence-electron chi connectivity index (χ0n) is 8.92. The number of nitrogens with two attached hydrogens (primary N) is 2. The van der Waals surface area contributed by atoms with Crippen LogP contribution in [-0.2, 0) is 11.3 Å². The number of amidine groups is 1. The molecular weight excluding hydrogens is 244 g/mol. The number of carbonyl (C=O) groups excluding carboxylic acids is 1. The molecule has 88 valence electrons. The molecule has 4 N–H and O–H groups in total. The lowest BCUT2D eigenvalue weighted by molar-refractivity contribution is -0.127. The highest BCUT2D eigenvalue weighted by molar-refractivity contribution is 8.14. The minimum Gasteiger partial charge on any atom is -0.377 e. The monoisotopic (exact) mass is 258 g/mol. The van der Waals surface area contributed by atoms with E-state index in [9.17, 15) is 4.79 Å². The van der Waals surface area contributed by atoms with Gasteiger partial charge in [-0.25, -0.2) is 0 Å². The van der Waals surface area contributed by atoms with Crippen LogP contribution in [0.3, 0.4) is 0 Å². The summed E-state index contributed by atoms with van der Waals surface area (Å²) in [5, 5.41) is 7.51. The van der Waals surface area contributed by atoms with Gasteiger partial charge in [-0.2, -0.15) is 16.4 Å². The van der Waals surface area contributed by atoms with E-state index in [-0.39, 0.29) is 16.8 Å². The highest BCUT2D eigenvalue weighted by Gasteiger charge is 2.10. The van der Waals surface area contributed by atoms with Crippen LogP contribution in [0.2, 0.25) is 0 Å². The van der Waals surface area contributed by atoms with Gasteiger partial charge in [0, 0.05) is 13.6 Å². The largest absolute Gasteiger partial charge is 0.377 e. The van der Waals surface area contributed by atoms with Crippen LogP contribution >= 0.6 is 23.1 Å². The summed E-state index contributed by atoms with van der Waals surface area (Å²) in [5.41, 5.74) is 6.51. The molecule has 16 heavy (non-hydrogen) atoms. The number of hydrogen-bond acceptors (Lipinski definition) is 5. The molecule has 1 aromatic heterocycles. The SMILES string of the molecule is CN(Cc1ccsc1)C(=O)CSC(N)=NN. The Balaban J connectivity index is 2.36. The normalized spacial score (nSPS) is 11.4. The second-order valence-corrected chi connectivity index (χ2v) is 4.91. The Hall–Kier alpha value is -1.21. The second-order valence-electron chi connectivity index (χ2n) is 3.14. The maximum atomic E-state index is 11.6. The van der Waals surface area contributed by atoms with Crippen molar-refractivity contribution in [2.75, 3.05) is 12.8 Å². The molecule has 0 spiro atoms. The Morgan fingerprint density at radius 3 is 3.00 bits per heavy atom. The van der Waals surface area contributed by atoms with Crippen LogP contribution in [0, 0.1) is 0 Å².